The van der Waals surface area contributed by atoms with Crippen LogP contribution in [-0.2, 0) is 4.79 Å². The summed E-state index contributed by atoms with van der Waals surface area (Å²) in [5, 5.41) is 19.4. The first-order valence-electron chi connectivity index (χ1n) is 5.28. The van der Waals surface area contributed by atoms with Gasteiger partial charge in [0.05, 0.1) is 9.80 Å². The molecule has 1 atom stereocenters. The molecule has 0 unspecified atom stereocenters. The molecule has 96 valence electrons. The molecule has 1 fully saturated rings. The summed E-state index contributed by atoms with van der Waals surface area (Å²) in [6.45, 7) is 0.376. The molecule has 0 radical (unpaired) electrons. The van der Waals surface area contributed by atoms with Gasteiger partial charge in [-0.25, -0.2) is 4.79 Å². The third-order valence-corrected chi connectivity index (χ3v) is 3.81. The van der Waals surface area contributed by atoms with Gasteiger partial charge in [0.1, 0.15) is 6.04 Å². The van der Waals surface area contributed by atoms with E-state index in [2.05, 4.69) is 0 Å². The zero-order chi connectivity index (χ0) is 13.3. The van der Waals surface area contributed by atoms with Gasteiger partial charge in [-0.2, -0.15) is 0 Å². The first-order valence-corrected chi connectivity index (χ1v) is 6.10. The number of likely N-dealkylation sites (tertiary alicyclic amines) is 1. The van der Waals surface area contributed by atoms with E-state index in [-0.39, 0.29) is 9.88 Å². The fraction of sp³-hybridized carbons (Fsp3) is 0.400. The Hall–Kier alpha value is -1.96. The molecule has 0 aliphatic carbocycles. The number of nitro groups is 1. The average Bonchev–Trinajstić information content (AvgIpc) is 2.97. The number of carboxylic acid groups (broad SMARTS) is 1. The number of amides is 1. The van der Waals surface area contributed by atoms with Crippen molar-refractivity contribution in [2.75, 3.05) is 6.54 Å². The molecule has 0 bridgehead atoms. The Labute approximate surface area is 106 Å². The lowest BCUT2D eigenvalue weighted by atomic mass is 10.2. The molecule has 1 amide bonds. The van der Waals surface area contributed by atoms with E-state index in [9.17, 15) is 19.7 Å². The third-order valence-electron chi connectivity index (χ3n) is 2.78. The lowest BCUT2D eigenvalue weighted by molar-refractivity contribution is -0.380. The molecule has 2 rings (SSSR count). The molecule has 0 aromatic carbocycles. The van der Waals surface area contributed by atoms with Gasteiger partial charge < -0.3 is 10.0 Å². The van der Waals surface area contributed by atoms with E-state index in [4.69, 9.17) is 5.11 Å². The minimum absolute atomic E-state index is 0.121. The van der Waals surface area contributed by atoms with Crippen LogP contribution < -0.4 is 0 Å². The maximum absolute atomic E-state index is 12.0. The summed E-state index contributed by atoms with van der Waals surface area (Å²) in [5.74, 6) is -1.48. The van der Waals surface area contributed by atoms with Gasteiger partial charge in [-0.3, -0.25) is 14.9 Å². The van der Waals surface area contributed by atoms with Gasteiger partial charge in [0, 0.05) is 12.6 Å². The highest BCUT2D eigenvalue weighted by Gasteiger charge is 2.35. The zero-order valence-electron chi connectivity index (χ0n) is 9.24. The Bertz CT molecular complexity index is 512. The van der Waals surface area contributed by atoms with E-state index in [1.54, 1.807) is 0 Å². The number of carbonyl (C=O) groups excluding carboxylic acids is 1. The summed E-state index contributed by atoms with van der Waals surface area (Å²) < 4.78 is 0. The van der Waals surface area contributed by atoms with Gasteiger partial charge in [0.2, 0.25) is 0 Å². The number of hydrogen-bond donors (Lipinski definition) is 1. The highest BCUT2D eigenvalue weighted by molar-refractivity contribution is 7.17. The standard InChI is InChI=1S/C10H10N2O5S/c13-9(7-3-4-8(18-7)12(16)17)11-5-1-2-6(11)10(14)15/h3-4,6H,1-2,5H2,(H,14,15)/t6-/m0/s1. The Kier molecular flexibility index (Phi) is 3.28. The monoisotopic (exact) mass is 270 g/mol. The number of carbonyl (C=O) groups is 2. The average molecular weight is 270 g/mol. The summed E-state index contributed by atoms with van der Waals surface area (Å²) in [5.41, 5.74) is 0. The topological polar surface area (TPSA) is 101 Å². The summed E-state index contributed by atoms with van der Waals surface area (Å²) in [7, 11) is 0. The molecule has 0 saturated carbocycles. The molecule has 1 saturated heterocycles. The smallest absolute Gasteiger partial charge is 0.326 e. The SMILES string of the molecule is O=C(O)[C@@H]1CCCN1C(=O)c1ccc([N+](=O)[O-])s1. The predicted molar refractivity (Wildman–Crippen MR) is 62.7 cm³/mol. The van der Waals surface area contributed by atoms with Crippen molar-refractivity contribution in [1.29, 1.82) is 0 Å². The first-order chi connectivity index (χ1) is 8.50. The van der Waals surface area contributed by atoms with E-state index >= 15 is 0 Å². The number of carboxylic acids is 1. The van der Waals surface area contributed by atoms with Crippen molar-refractivity contribution in [1.82, 2.24) is 4.90 Å². The molecule has 1 aromatic heterocycles. The minimum atomic E-state index is -1.04. The fourth-order valence-electron chi connectivity index (χ4n) is 1.95. The summed E-state index contributed by atoms with van der Waals surface area (Å²) in [4.78, 5) is 34.4. The molecule has 1 aliphatic rings. The molecule has 7 nitrogen and oxygen atoms in total. The van der Waals surface area contributed by atoms with Gasteiger partial charge in [-0.05, 0) is 18.9 Å². The molecule has 1 aliphatic heterocycles. The molecular formula is C10H10N2O5S. The van der Waals surface area contributed by atoms with Crippen molar-refractivity contribution in [3.8, 4) is 0 Å². The lowest BCUT2D eigenvalue weighted by Crippen LogP contribution is -2.40. The second-order valence-corrected chi connectivity index (χ2v) is 4.95. The number of nitrogens with zero attached hydrogens (tertiary/aromatic N) is 2. The van der Waals surface area contributed by atoms with Crippen molar-refractivity contribution >= 4 is 28.2 Å². The fourth-order valence-corrected chi connectivity index (χ4v) is 2.73. The second kappa shape index (κ2) is 4.73. The van der Waals surface area contributed by atoms with Gasteiger partial charge in [-0.15, -0.1) is 0 Å². The summed E-state index contributed by atoms with van der Waals surface area (Å²) >= 11 is 0.766. The molecular weight excluding hydrogens is 260 g/mol. The Balaban J connectivity index is 2.20. The van der Waals surface area contributed by atoms with E-state index in [1.807, 2.05) is 0 Å². The lowest BCUT2D eigenvalue weighted by Gasteiger charge is -2.20. The summed E-state index contributed by atoms with van der Waals surface area (Å²) in [6.07, 6.45) is 1.06. The van der Waals surface area contributed by atoms with Crippen LogP contribution in [0.2, 0.25) is 0 Å². The minimum Gasteiger partial charge on any atom is -0.480 e. The van der Waals surface area contributed by atoms with Crippen molar-refractivity contribution in [2.45, 2.75) is 18.9 Å². The van der Waals surface area contributed by atoms with E-state index in [0.717, 1.165) is 11.3 Å². The van der Waals surface area contributed by atoms with Crippen LogP contribution in [0.4, 0.5) is 5.00 Å². The van der Waals surface area contributed by atoms with Crippen LogP contribution in [0.1, 0.15) is 22.5 Å². The van der Waals surface area contributed by atoms with Crippen molar-refractivity contribution in [2.24, 2.45) is 0 Å². The van der Waals surface area contributed by atoms with Gasteiger partial charge in [0.25, 0.3) is 5.91 Å². The first kappa shape index (κ1) is 12.5. The highest BCUT2D eigenvalue weighted by Crippen LogP contribution is 2.27. The molecule has 1 aromatic rings. The van der Waals surface area contributed by atoms with Crippen molar-refractivity contribution < 1.29 is 19.6 Å². The Morgan fingerprint density at radius 2 is 2.22 bits per heavy atom. The largest absolute Gasteiger partial charge is 0.480 e. The van der Waals surface area contributed by atoms with E-state index < -0.39 is 22.8 Å². The quantitative estimate of drug-likeness (QED) is 0.659. The number of thiophene rings is 1. The second-order valence-electron chi connectivity index (χ2n) is 3.89. The molecule has 18 heavy (non-hydrogen) atoms. The van der Waals surface area contributed by atoms with Crippen LogP contribution in [0.3, 0.4) is 0 Å². The number of aliphatic carboxylic acids is 1. The zero-order valence-corrected chi connectivity index (χ0v) is 10.1. The van der Waals surface area contributed by atoms with E-state index in [1.165, 1.54) is 17.0 Å². The Morgan fingerprint density at radius 3 is 2.78 bits per heavy atom. The van der Waals surface area contributed by atoms with Crippen LogP contribution in [-0.4, -0.2) is 39.4 Å². The number of hydrogen-bond acceptors (Lipinski definition) is 5. The predicted octanol–water partition coefficient (Wildman–Crippen LogP) is 1.35. The van der Waals surface area contributed by atoms with Crippen molar-refractivity contribution in [3.63, 3.8) is 0 Å². The van der Waals surface area contributed by atoms with Gasteiger partial charge >= 0.3 is 11.0 Å². The highest BCUT2D eigenvalue weighted by atomic mass is 32.1. The summed E-state index contributed by atoms with van der Waals surface area (Å²) in [6, 6.07) is 1.80. The van der Waals surface area contributed by atoms with Gasteiger partial charge in [-0.1, -0.05) is 11.3 Å². The normalized spacial score (nSPS) is 18.9. The van der Waals surface area contributed by atoms with Crippen LogP contribution in [0.15, 0.2) is 12.1 Å². The van der Waals surface area contributed by atoms with E-state index in [0.29, 0.717) is 19.4 Å². The molecule has 8 heteroatoms. The van der Waals surface area contributed by atoms with Gasteiger partial charge in [0.15, 0.2) is 0 Å². The van der Waals surface area contributed by atoms with Crippen LogP contribution >= 0.6 is 11.3 Å². The molecule has 0 spiro atoms. The van der Waals surface area contributed by atoms with Crippen LogP contribution in [0.25, 0.3) is 0 Å². The maximum Gasteiger partial charge on any atom is 0.326 e. The van der Waals surface area contributed by atoms with Crippen LogP contribution in [0, 0.1) is 10.1 Å². The van der Waals surface area contributed by atoms with Crippen molar-refractivity contribution in [3.05, 3.63) is 27.1 Å². The molecule has 2 heterocycles. The Morgan fingerprint density at radius 1 is 1.50 bits per heavy atom. The molecule has 1 N–H and O–H groups in total. The van der Waals surface area contributed by atoms with Crippen LogP contribution in [0.5, 0.6) is 0 Å². The number of rotatable bonds is 3. The maximum atomic E-state index is 12.0. The third kappa shape index (κ3) is 2.19.